The molecule has 0 bridgehead atoms. The molecule has 0 atom stereocenters. The summed E-state index contributed by atoms with van der Waals surface area (Å²) in [6, 6.07) is 2.41. The predicted octanol–water partition coefficient (Wildman–Crippen LogP) is 2.97. The Bertz CT molecular complexity index is 357. The molecule has 0 aliphatic heterocycles. The molecule has 1 aromatic rings. The molecule has 0 saturated heterocycles. The molecular weight excluding hydrogens is 248 g/mol. The van der Waals surface area contributed by atoms with Crippen molar-refractivity contribution in [3.8, 4) is 0 Å². The van der Waals surface area contributed by atoms with Crippen molar-refractivity contribution in [3.05, 3.63) is 38.1 Å². The van der Waals surface area contributed by atoms with Gasteiger partial charge in [-0.3, -0.25) is 10.1 Å². The molecule has 0 heterocycles. The van der Waals surface area contributed by atoms with Gasteiger partial charge in [0.25, 0.3) is 0 Å². The summed E-state index contributed by atoms with van der Waals surface area (Å²) in [7, 11) is 0. The molecule has 0 aliphatic rings. The van der Waals surface area contributed by atoms with Gasteiger partial charge in [-0.25, -0.2) is 4.39 Å². The zero-order valence-electron chi connectivity index (χ0n) is 6.26. The molecule has 0 aromatic heterocycles. The van der Waals surface area contributed by atoms with E-state index in [9.17, 15) is 18.9 Å². The van der Waals surface area contributed by atoms with Gasteiger partial charge in [-0.05, 0) is 28.1 Å². The molecule has 0 amide bonds. The fourth-order valence-electron chi connectivity index (χ4n) is 0.885. The molecule has 3 nitrogen and oxygen atoms in total. The summed E-state index contributed by atoms with van der Waals surface area (Å²) in [5.41, 5.74) is -1.07. The van der Waals surface area contributed by atoms with Crippen molar-refractivity contribution >= 4 is 21.6 Å². The lowest BCUT2D eigenvalue weighted by Crippen LogP contribution is -1.98. The van der Waals surface area contributed by atoms with E-state index in [4.69, 9.17) is 0 Å². The maximum absolute atomic E-state index is 13.0. The second-order valence-electron chi connectivity index (χ2n) is 2.26. The van der Waals surface area contributed by atoms with Gasteiger partial charge in [-0.2, -0.15) is 4.39 Å². The molecule has 0 radical (unpaired) electrons. The van der Waals surface area contributed by atoms with Crippen molar-refractivity contribution < 1.29 is 13.7 Å². The molecule has 0 saturated carbocycles. The van der Waals surface area contributed by atoms with Crippen LogP contribution in [0.25, 0.3) is 0 Å². The number of nitro benzene ring substituents is 1. The highest BCUT2D eigenvalue weighted by Crippen LogP contribution is 2.29. The number of hydrogen-bond donors (Lipinski definition) is 0. The van der Waals surface area contributed by atoms with E-state index in [1.54, 1.807) is 0 Å². The minimum atomic E-state index is -1.06. The maximum atomic E-state index is 13.0. The van der Waals surface area contributed by atoms with E-state index in [0.717, 1.165) is 0 Å². The first-order valence-corrected chi connectivity index (χ1v) is 4.04. The van der Waals surface area contributed by atoms with Gasteiger partial charge in [-0.1, -0.05) is 0 Å². The standard InChI is InChI=1S/C7H4BrF2NO2/c8-5-2-1-4(3-9)7(6(5)10)11(12)13/h1-2H,3H2. The van der Waals surface area contributed by atoms with Gasteiger partial charge in [0.2, 0.25) is 5.82 Å². The van der Waals surface area contributed by atoms with E-state index in [-0.39, 0.29) is 10.0 Å². The Kier molecular flexibility index (Phi) is 2.92. The fraction of sp³-hybridized carbons (Fsp3) is 0.143. The van der Waals surface area contributed by atoms with Gasteiger partial charge in [-0.15, -0.1) is 0 Å². The van der Waals surface area contributed by atoms with Crippen molar-refractivity contribution in [2.24, 2.45) is 0 Å². The Balaban J connectivity index is 3.41. The first-order chi connectivity index (χ1) is 6.07. The molecule has 0 fully saturated rings. The zero-order valence-corrected chi connectivity index (χ0v) is 7.85. The largest absolute Gasteiger partial charge is 0.311 e. The summed E-state index contributed by atoms with van der Waals surface area (Å²) in [6.45, 7) is -1.06. The lowest BCUT2D eigenvalue weighted by atomic mass is 10.2. The average Bonchev–Trinajstić information content (AvgIpc) is 2.08. The number of alkyl halides is 1. The van der Waals surface area contributed by atoms with Gasteiger partial charge >= 0.3 is 5.69 Å². The smallest absolute Gasteiger partial charge is 0.258 e. The van der Waals surface area contributed by atoms with Gasteiger partial charge < -0.3 is 0 Å². The van der Waals surface area contributed by atoms with E-state index in [1.807, 2.05) is 0 Å². The first kappa shape index (κ1) is 10.0. The van der Waals surface area contributed by atoms with E-state index in [0.29, 0.717) is 0 Å². The van der Waals surface area contributed by atoms with Gasteiger partial charge in [0, 0.05) is 0 Å². The van der Waals surface area contributed by atoms with Gasteiger partial charge in [0.05, 0.1) is 15.0 Å². The number of hydrogen-bond acceptors (Lipinski definition) is 2. The van der Waals surface area contributed by atoms with Crippen LogP contribution in [0.3, 0.4) is 0 Å². The molecule has 6 heteroatoms. The monoisotopic (exact) mass is 251 g/mol. The van der Waals surface area contributed by atoms with E-state index in [1.165, 1.54) is 12.1 Å². The minimum Gasteiger partial charge on any atom is -0.258 e. The third-order valence-electron chi connectivity index (χ3n) is 1.48. The summed E-state index contributed by atoms with van der Waals surface area (Å²) in [6.07, 6.45) is 0. The van der Waals surface area contributed by atoms with E-state index in [2.05, 4.69) is 15.9 Å². The summed E-state index contributed by atoms with van der Waals surface area (Å²) >= 11 is 2.78. The highest BCUT2D eigenvalue weighted by Gasteiger charge is 2.22. The first-order valence-electron chi connectivity index (χ1n) is 3.25. The quantitative estimate of drug-likeness (QED) is 0.599. The SMILES string of the molecule is O=[N+]([O-])c1c(CF)ccc(Br)c1F. The van der Waals surface area contributed by atoms with Crippen LogP contribution in [-0.2, 0) is 6.67 Å². The number of benzene rings is 1. The van der Waals surface area contributed by atoms with Crippen LogP contribution in [0.1, 0.15) is 5.56 Å². The van der Waals surface area contributed by atoms with Crippen LogP contribution < -0.4 is 0 Å². The van der Waals surface area contributed by atoms with Crippen LogP contribution in [0.5, 0.6) is 0 Å². The zero-order chi connectivity index (χ0) is 10.0. The van der Waals surface area contributed by atoms with Crippen LogP contribution in [0.15, 0.2) is 16.6 Å². The number of nitro groups is 1. The Labute approximate surface area is 80.6 Å². The van der Waals surface area contributed by atoms with Crippen molar-refractivity contribution in [1.29, 1.82) is 0 Å². The van der Waals surface area contributed by atoms with Crippen molar-refractivity contribution in [2.75, 3.05) is 0 Å². The Morgan fingerprint density at radius 3 is 2.62 bits per heavy atom. The Morgan fingerprint density at radius 1 is 1.54 bits per heavy atom. The molecular formula is C7H4BrF2NO2. The molecule has 0 unspecified atom stereocenters. The van der Waals surface area contributed by atoms with E-state index >= 15 is 0 Å². The molecule has 70 valence electrons. The van der Waals surface area contributed by atoms with Crippen LogP contribution in [0.4, 0.5) is 14.5 Å². The highest BCUT2D eigenvalue weighted by molar-refractivity contribution is 9.10. The Hall–Kier alpha value is -1.04. The van der Waals surface area contributed by atoms with Crippen LogP contribution >= 0.6 is 15.9 Å². The summed E-state index contributed by atoms with van der Waals surface area (Å²) < 4.78 is 25.2. The van der Waals surface area contributed by atoms with Crippen LogP contribution in [0, 0.1) is 15.9 Å². The predicted molar refractivity (Wildman–Crippen MR) is 45.6 cm³/mol. The Morgan fingerprint density at radius 2 is 2.15 bits per heavy atom. The fourth-order valence-corrected chi connectivity index (χ4v) is 1.21. The maximum Gasteiger partial charge on any atom is 0.311 e. The van der Waals surface area contributed by atoms with Crippen molar-refractivity contribution in [1.82, 2.24) is 0 Å². The summed E-state index contributed by atoms with van der Waals surface area (Å²) in [5, 5.41) is 10.3. The van der Waals surface area contributed by atoms with Crippen molar-refractivity contribution in [3.63, 3.8) is 0 Å². The second-order valence-corrected chi connectivity index (χ2v) is 3.11. The molecule has 1 aromatic carbocycles. The molecule has 0 N–H and O–H groups in total. The third-order valence-corrected chi connectivity index (χ3v) is 2.09. The second kappa shape index (κ2) is 3.78. The number of nitrogens with zero attached hydrogens (tertiary/aromatic N) is 1. The van der Waals surface area contributed by atoms with Gasteiger partial charge in [0.1, 0.15) is 6.67 Å². The average molecular weight is 252 g/mol. The van der Waals surface area contributed by atoms with Gasteiger partial charge in [0.15, 0.2) is 0 Å². The van der Waals surface area contributed by atoms with Crippen LogP contribution in [0.2, 0.25) is 0 Å². The summed E-state index contributed by atoms with van der Waals surface area (Å²) in [4.78, 5) is 9.40. The number of rotatable bonds is 2. The highest BCUT2D eigenvalue weighted by atomic mass is 79.9. The lowest BCUT2D eigenvalue weighted by Gasteiger charge is -2.00. The molecule has 0 spiro atoms. The molecule has 13 heavy (non-hydrogen) atoms. The topological polar surface area (TPSA) is 43.1 Å². The third kappa shape index (κ3) is 1.82. The lowest BCUT2D eigenvalue weighted by molar-refractivity contribution is -0.388. The molecule has 0 aliphatic carbocycles. The normalized spacial score (nSPS) is 10.1. The van der Waals surface area contributed by atoms with Crippen LogP contribution in [-0.4, -0.2) is 4.92 Å². The summed E-state index contributed by atoms with van der Waals surface area (Å²) in [5.74, 6) is -1.04. The minimum absolute atomic E-state index is 0.0450. The van der Waals surface area contributed by atoms with Crippen molar-refractivity contribution in [2.45, 2.75) is 6.67 Å². The van der Waals surface area contributed by atoms with E-state index < -0.39 is 23.1 Å². The number of halogens is 3. The molecule has 1 rings (SSSR count).